The van der Waals surface area contributed by atoms with Gasteiger partial charge in [0.2, 0.25) is 0 Å². The van der Waals surface area contributed by atoms with E-state index >= 15 is 0 Å². The van der Waals surface area contributed by atoms with E-state index in [9.17, 15) is 0 Å². The molecule has 0 atom stereocenters. The Bertz CT molecular complexity index is 310. The first-order valence-corrected chi connectivity index (χ1v) is 5.85. The summed E-state index contributed by atoms with van der Waals surface area (Å²) >= 11 is 0. The van der Waals surface area contributed by atoms with Gasteiger partial charge in [-0.05, 0) is 29.2 Å². The van der Waals surface area contributed by atoms with E-state index in [1.807, 2.05) is 4.68 Å². The van der Waals surface area contributed by atoms with Crippen LogP contribution in [-0.4, -0.2) is 40.5 Å². The van der Waals surface area contributed by atoms with Gasteiger partial charge in [0.15, 0.2) is 5.82 Å². The molecule has 0 aromatic carbocycles. The highest BCUT2D eigenvalue weighted by molar-refractivity contribution is 4.82. The quantitative estimate of drug-likeness (QED) is 0.672. The third-order valence-corrected chi connectivity index (χ3v) is 3.03. The lowest BCUT2D eigenvalue weighted by molar-refractivity contribution is 0.198. The molecule has 1 heterocycles. The summed E-state index contributed by atoms with van der Waals surface area (Å²) in [6.07, 6.45) is 3.99. The fourth-order valence-corrected chi connectivity index (χ4v) is 1.79. The van der Waals surface area contributed by atoms with Gasteiger partial charge < -0.3 is 10.1 Å². The molecule has 0 amide bonds. The summed E-state index contributed by atoms with van der Waals surface area (Å²) in [5.41, 5.74) is 0. The molecule has 2 rings (SSSR count). The van der Waals surface area contributed by atoms with E-state index in [2.05, 4.69) is 20.8 Å². The van der Waals surface area contributed by atoms with Crippen molar-refractivity contribution in [2.24, 2.45) is 5.92 Å². The van der Waals surface area contributed by atoms with Crippen LogP contribution in [0.5, 0.6) is 0 Å². The number of methoxy groups -OCH3 is 1. The van der Waals surface area contributed by atoms with Crippen LogP contribution in [0.25, 0.3) is 0 Å². The third kappa shape index (κ3) is 2.99. The second kappa shape index (κ2) is 5.91. The monoisotopic (exact) mass is 225 g/mol. The molecular formula is C10H19N5O. The van der Waals surface area contributed by atoms with Gasteiger partial charge in [-0.1, -0.05) is 6.42 Å². The van der Waals surface area contributed by atoms with Crippen LogP contribution < -0.4 is 5.32 Å². The molecule has 1 fully saturated rings. The van der Waals surface area contributed by atoms with Gasteiger partial charge in [0, 0.05) is 20.2 Å². The molecule has 0 saturated heterocycles. The van der Waals surface area contributed by atoms with Crippen molar-refractivity contribution in [1.29, 1.82) is 0 Å². The van der Waals surface area contributed by atoms with Crippen LogP contribution in [0.15, 0.2) is 0 Å². The number of hydrogen-bond acceptors (Lipinski definition) is 5. The number of tetrazole rings is 1. The van der Waals surface area contributed by atoms with Crippen LogP contribution in [0, 0.1) is 5.92 Å². The Morgan fingerprint density at radius 1 is 1.50 bits per heavy atom. The number of nitrogens with zero attached hydrogens (tertiary/aromatic N) is 4. The van der Waals surface area contributed by atoms with E-state index in [4.69, 9.17) is 4.74 Å². The highest BCUT2D eigenvalue weighted by atomic mass is 16.5. The average Bonchev–Trinajstić information content (AvgIpc) is 2.66. The van der Waals surface area contributed by atoms with E-state index in [0.717, 1.165) is 24.8 Å². The van der Waals surface area contributed by atoms with Gasteiger partial charge in [-0.2, -0.15) is 0 Å². The molecule has 1 N–H and O–H groups in total. The number of ether oxygens (including phenoxy) is 1. The fourth-order valence-electron chi connectivity index (χ4n) is 1.79. The Morgan fingerprint density at radius 3 is 3.06 bits per heavy atom. The molecule has 0 aliphatic heterocycles. The standard InChI is InChI=1S/C10H19N5O/c1-16-6-5-11-7-10-12-13-14-15(10)8-9-3-2-4-9/h9,11H,2-8H2,1H3. The molecule has 1 aliphatic carbocycles. The van der Waals surface area contributed by atoms with Crippen LogP contribution in [0.3, 0.4) is 0 Å². The summed E-state index contributed by atoms with van der Waals surface area (Å²) in [5, 5.41) is 15.0. The molecule has 1 aromatic rings. The summed E-state index contributed by atoms with van der Waals surface area (Å²) in [5.74, 6) is 1.70. The Morgan fingerprint density at radius 2 is 2.38 bits per heavy atom. The van der Waals surface area contributed by atoms with Crippen molar-refractivity contribution >= 4 is 0 Å². The maximum atomic E-state index is 4.96. The van der Waals surface area contributed by atoms with E-state index in [1.165, 1.54) is 19.3 Å². The van der Waals surface area contributed by atoms with Crippen molar-refractivity contribution in [3.05, 3.63) is 5.82 Å². The van der Waals surface area contributed by atoms with Crippen LogP contribution in [0.4, 0.5) is 0 Å². The summed E-state index contributed by atoms with van der Waals surface area (Å²) in [6, 6.07) is 0. The number of hydrogen-bond donors (Lipinski definition) is 1. The zero-order valence-electron chi connectivity index (χ0n) is 9.72. The summed E-state index contributed by atoms with van der Waals surface area (Å²) in [4.78, 5) is 0. The van der Waals surface area contributed by atoms with Gasteiger partial charge in [-0.3, -0.25) is 0 Å². The van der Waals surface area contributed by atoms with Crippen LogP contribution >= 0.6 is 0 Å². The molecule has 0 spiro atoms. The highest BCUT2D eigenvalue weighted by Gasteiger charge is 2.19. The van der Waals surface area contributed by atoms with Crippen molar-refractivity contribution in [2.45, 2.75) is 32.4 Å². The molecule has 0 unspecified atom stereocenters. The smallest absolute Gasteiger partial charge is 0.165 e. The lowest BCUT2D eigenvalue weighted by Crippen LogP contribution is -2.24. The zero-order chi connectivity index (χ0) is 11.2. The molecule has 6 nitrogen and oxygen atoms in total. The molecule has 0 radical (unpaired) electrons. The Labute approximate surface area is 95.4 Å². The number of nitrogens with one attached hydrogen (secondary N) is 1. The Balaban J connectivity index is 1.76. The normalized spacial score (nSPS) is 16.3. The van der Waals surface area contributed by atoms with Crippen molar-refractivity contribution in [3.8, 4) is 0 Å². The Kier molecular flexibility index (Phi) is 4.24. The second-order valence-corrected chi connectivity index (χ2v) is 4.24. The fraction of sp³-hybridized carbons (Fsp3) is 0.900. The summed E-state index contributed by atoms with van der Waals surface area (Å²) in [6.45, 7) is 3.22. The first kappa shape index (κ1) is 11.5. The van der Waals surface area contributed by atoms with Gasteiger partial charge in [-0.25, -0.2) is 4.68 Å². The van der Waals surface area contributed by atoms with Crippen LogP contribution in [-0.2, 0) is 17.8 Å². The first-order chi connectivity index (χ1) is 7.90. The number of rotatable bonds is 7. The van der Waals surface area contributed by atoms with Crippen molar-refractivity contribution in [2.75, 3.05) is 20.3 Å². The van der Waals surface area contributed by atoms with Gasteiger partial charge in [0.25, 0.3) is 0 Å². The third-order valence-electron chi connectivity index (χ3n) is 3.03. The molecule has 1 aliphatic rings. The average molecular weight is 225 g/mol. The van der Waals surface area contributed by atoms with Crippen LogP contribution in [0.2, 0.25) is 0 Å². The molecule has 1 aromatic heterocycles. The first-order valence-electron chi connectivity index (χ1n) is 5.85. The van der Waals surface area contributed by atoms with E-state index in [1.54, 1.807) is 7.11 Å². The van der Waals surface area contributed by atoms with E-state index < -0.39 is 0 Å². The molecule has 90 valence electrons. The Hall–Kier alpha value is -1.01. The predicted octanol–water partition coefficient (Wildman–Crippen LogP) is 0.209. The van der Waals surface area contributed by atoms with E-state index in [0.29, 0.717) is 13.2 Å². The van der Waals surface area contributed by atoms with Crippen molar-refractivity contribution in [1.82, 2.24) is 25.5 Å². The van der Waals surface area contributed by atoms with Crippen LogP contribution in [0.1, 0.15) is 25.1 Å². The predicted molar refractivity (Wildman–Crippen MR) is 58.7 cm³/mol. The minimum atomic E-state index is 0.711. The van der Waals surface area contributed by atoms with Crippen molar-refractivity contribution in [3.63, 3.8) is 0 Å². The zero-order valence-corrected chi connectivity index (χ0v) is 9.72. The maximum Gasteiger partial charge on any atom is 0.165 e. The van der Waals surface area contributed by atoms with E-state index in [-0.39, 0.29) is 0 Å². The number of aromatic nitrogens is 4. The molecule has 6 heteroatoms. The lowest BCUT2D eigenvalue weighted by atomic mass is 9.85. The molecular weight excluding hydrogens is 206 g/mol. The molecule has 16 heavy (non-hydrogen) atoms. The second-order valence-electron chi connectivity index (χ2n) is 4.24. The topological polar surface area (TPSA) is 64.9 Å². The maximum absolute atomic E-state index is 4.96. The largest absolute Gasteiger partial charge is 0.383 e. The van der Waals surface area contributed by atoms with Gasteiger partial charge >= 0.3 is 0 Å². The van der Waals surface area contributed by atoms with Crippen molar-refractivity contribution < 1.29 is 4.74 Å². The highest BCUT2D eigenvalue weighted by Crippen LogP contribution is 2.27. The lowest BCUT2D eigenvalue weighted by Gasteiger charge is -2.25. The molecule has 1 saturated carbocycles. The SMILES string of the molecule is COCCNCc1nnnn1CC1CCC1. The van der Waals surface area contributed by atoms with Gasteiger partial charge in [0.1, 0.15) is 0 Å². The summed E-state index contributed by atoms with van der Waals surface area (Å²) < 4.78 is 6.88. The minimum Gasteiger partial charge on any atom is -0.383 e. The van der Waals surface area contributed by atoms with Gasteiger partial charge in [0.05, 0.1) is 13.2 Å². The molecule has 0 bridgehead atoms. The summed E-state index contributed by atoms with van der Waals surface area (Å²) in [7, 11) is 1.70. The van der Waals surface area contributed by atoms with Gasteiger partial charge in [-0.15, -0.1) is 5.10 Å². The minimum absolute atomic E-state index is 0.711.